The molecule has 5 N–H and O–H groups in total. The van der Waals surface area contributed by atoms with Crippen LogP contribution in [-0.2, 0) is 38.2 Å². The number of halogens is 3. The van der Waals surface area contributed by atoms with Gasteiger partial charge in [-0.3, -0.25) is 19.5 Å². The molecule has 1 saturated heterocycles. The second kappa shape index (κ2) is 17.9. The van der Waals surface area contributed by atoms with E-state index in [1.54, 1.807) is 0 Å². The maximum atomic E-state index is 13.8. The maximum Gasteiger partial charge on any atom is 0.416 e. The van der Waals surface area contributed by atoms with Crippen LogP contribution in [0.4, 0.5) is 18.9 Å². The molecule has 22 heteroatoms. The van der Waals surface area contributed by atoms with E-state index in [1.165, 1.54) is 39.7 Å². The number of nitro benzene ring substituents is 1. The Morgan fingerprint density at radius 1 is 1.03 bits per heavy atom. The Balaban J connectivity index is 1.21. The minimum Gasteiger partial charge on any atom is -0.478 e. The van der Waals surface area contributed by atoms with E-state index in [2.05, 4.69) is 46.6 Å². The van der Waals surface area contributed by atoms with Gasteiger partial charge in [0.2, 0.25) is 10.8 Å². The second-order valence-corrected chi connectivity index (χ2v) is 17.6. The first kappa shape index (κ1) is 45.1. The van der Waals surface area contributed by atoms with Gasteiger partial charge in [0.05, 0.1) is 40.6 Å². The summed E-state index contributed by atoms with van der Waals surface area (Å²) in [6.45, 7) is 6.88. The predicted octanol–water partition coefficient (Wildman–Crippen LogP) is 4.99. The number of alkyl halides is 3. The lowest BCUT2D eigenvalue weighted by molar-refractivity contribution is -0.384. The van der Waals surface area contributed by atoms with Crippen molar-refractivity contribution in [3.05, 3.63) is 106 Å². The monoisotopic (exact) mass is 886 g/mol. The van der Waals surface area contributed by atoms with Crippen LogP contribution in [0.1, 0.15) is 50.9 Å². The maximum absolute atomic E-state index is 13.8. The number of hydrogen-bond acceptors (Lipinski definition) is 14. The summed E-state index contributed by atoms with van der Waals surface area (Å²) in [5.74, 6) is -1.81. The van der Waals surface area contributed by atoms with Gasteiger partial charge >= 0.3 is 12.1 Å². The third kappa shape index (κ3) is 10.4. The molecule has 3 heterocycles. The van der Waals surface area contributed by atoms with Gasteiger partial charge in [0, 0.05) is 47.9 Å². The molecule has 0 aliphatic carbocycles. The molecule has 1 unspecified atom stereocenters. The largest absolute Gasteiger partial charge is 0.478 e. The number of thioether (sulfide) groups is 2. The second-order valence-electron chi connectivity index (χ2n) is 15.3. The highest BCUT2D eigenvalue weighted by molar-refractivity contribution is 8.01. The molecule has 0 radical (unpaired) electrons. The number of aliphatic hydroxyl groups excluding tert-OH is 3. The normalized spacial score (nSPS) is 20.5. The van der Waals surface area contributed by atoms with Crippen LogP contribution in [0.15, 0.2) is 89.0 Å². The van der Waals surface area contributed by atoms with E-state index in [4.69, 9.17) is 4.74 Å². The minimum absolute atomic E-state index is 0.0856. The van der Waals surface area contributed by atoms with Gasteiger partial charge in [-0.1, -0.05) is 79.8 Å². The fourth-order valence-corrected chi connectivity index (χ4v) is 8.59. The topological polar surface area (TPSA) is 241 Å². The number of aromatic nitrogens is 6. The van der Waals surface area contributed by atoms with E-state index in [9.17, 15) is 53.3 Å². The van der Waals surface area contributed by atoms with Crippen molar-refractivity contribution in [2.75, 3.05) is 0 Å². The molecule has 1 aliphatic heterocycles. The highest BCUT2D eigenvalue weighted by Crippen LogP contribution is 2.44. The van der Waals surface area contributed by atoms with Crippen molar-refractivity contribution in [3.63, 3.8) is 0 Å². The van der Waals surface area contributed by atoms with Gasteiger partial charge in [-0.15, -0.1) is 15.3 Å². The van der Waals surface area contributed by atoms with Crippen molar-refractivity contribution in [1.29, 1.82) is 0 Å². The number of carbonyl (C=O) groups excluding carboxylic acids is 1. The number of rotatable bonds is 14. The number of ether oxygens (including phenoxy) is 1. The molecule has 17 nitrogen and oxygen atoms in total. The number of carboxylic acid groups (broad SMARTS) is 1. The summed E-state index contributed by atoms with van der Waals surface area (Å²) in [4.78, 5) is 33.3. The Labute approximate surface area is 354 Å². The van der Waals surface area contributed by atoms with Crippen molar-refractivity contribution in [1.82, 2.24) is 35.1 Å². The van der Waals surface area contributed by atoms with Crippen LogP contribution in [0.3, 0.4) is 0 Å². The van der Waals surface area contributed by atoms with Gasteiger partial charge in [0.1, 0.15) is 18.3 Å². The number of aliphatic carboxylic acids is 1. The van der Waals surface area contributed by atoms with E-state index >= 15 is 0 Å². The lowest BCUT2D eigenvalue weighted by Gasteiger charge is -2.46. The Kier molecular flexibility index (Phi) is 13.3. The number of non-ortho nitro benzene ring substituents is 1. The Hall–Kier alpha value is -5.39. The molecule has 324 valence electrons. The molecule has 6 rings (SSSR count). The molecule has 1 fully saturated rings. The van der Waals surface area contributed by atoms with Gasteiger partial charge in [-0.25, -0.2) is 9.48 Å². The highest BCUT2D eigenvalue weighted by atomic mass is 32.2. The molecular weight excluding hydrogens is 846 g/mol. The summed E-state index contributed by atoms with van der Waals surface area (Å²) in [5.41, 5.74) is 0.908. The van der Waals surface area contributed by atoms with Crippen molar-refractivity contribution >= 4 is 41.1 Å². The van der Waals surface area contributed by atoms with Crippen LogP contribution >= 0.6 is 23.5 Å². The van der Waals surface area contributed by atoms with Crippen LogP contribution in [0.2, 0.25) is 0 Å². The number of hydrogen-bond donors (Lipinski definition) is 5. The first-order chi connectivity index (χ1) is 28.6. The van der Waals surface area contributed by atoms with E-state index in [0.29, 0.717) is 28.8 Å². The Morgan fingerprint density at radius 2 is 1.72 bits per heavy atom. The number of nitrogens with one attached hydrogen (secondary N) is 1. The number of benzene rings is 3. The molecule has 2 aromatic heterocycles. The summed E-state index contributed by atoms with van der Waals surface area (Å²) < 4.78 is 50.1. The van der Waals surface area contributed by atoms with Crippen molar-refractivity contribution in [3.8, 4) is 17.1 Å². The number of carbonyl (C=O) groups is 2. The summed E-state index contributed by atoms with van der Waals surface area (Å²) >= 11 is 1.72. The van der Waals surface area contributed by atoms with E-state index in [1.807, 2.05) is 24.3 Å². The summed E-state index contributed by atoms with van der Waals surface area (Å²) in [5, 5.41) is 74.8. The lowest BCUT2D eigenvalue weighted by atomic mass is 9.87. The van der Waals surface area contributed by atoms with E-state index in [0.717, 1.165) is 48.5 Å². The molecule has 0 spiro atoms. The van der Waals surface area contributed by atoms with Crippen LogP contribution in [0.5, 0.6) is 0 Å². The number of nitrogens with zero attached hydrogens (tertiary/aromatic N) is 7. The average molecular weight is 887 g/mol. The zero-order chi connectivity index (χ0) is 44.4. The number of nitro groups is 1. The first-order valence-electron chi connectivity index (χ1n) is 18.6. The summed E-state index contributed by atoms with van der Waals surface area (Å²) in [6, 6.07) is 15.8. The van der Waals surface area contributed by atoms with Gasteiger partial charge in [-0.05, 0) is 41.3 Å². The van der Waals surface area contributed by atoms with E-state index in [-0.39, 0.29) is 32.6 Å². The summed E-state index contributed by atoms with van der Waals surface area (Å²) in [6.07, 6.45) is -10.7. The molecule has 3 aromatic carbocycles. The van der Waals surface area contributed by atoms with Gasteiger partial charge in [-0.2, -0.15) is 13.2 Å². The van der Waals surface area contributed by atoms with Crippen molar-refractivity contribution in [2.24, 2.45) is 0 Å². The SMILES string of the molecule is CC(=O)N[C@H]1C([C@H](O)[C@H](O)Cn2cc(CSc3nnc(-c4ccc(C(C)(C)C)cc4)n3-c3cccc(C(F)(F)F)c3)nn2)O[C@@](Sc2ccc([N+](=O)[O-])cc2)(C(=O)O)C[C@@H]1O. The first-order valence-corrected chi connectivity index (χ1v) is 20.4. The zero-order valence-electron chi connectivity index (χ0n) is 32.9. The molecule has 0 bridgehead atoms. The molecule has 0 saturated carbocycles. The fraction of sp³-hybridized carbons (Fsp3) is 0.385. The molecule has 61 heavy (non-hydrogen) atoms. The Morgan fingerprint density at radius 3 is 2.33 bits per heavy atom. The van der Waals surface area contributed by atoms with Crippen LogP contribution in [0.25, 0.3) is 17.1 Å². The third-order valence-corrected chi connectivity index (χ3v) is 12.0. The number of aliphatic hydroxyl groups is 3. The van der Waals surface area contributed by atoms with E-state index < -0.39 is 76.9 Å². The molecule has 1 aliphatic rings. The summed E-state index contributed by atoms with van der Waals surface area (Å²) in [7, 11) is 0. The molecular formula is C39H41F3N8O9S2. The molecule has 6 atom stereocenters. The van der Waals surface area contributed by atoms with Gasteiger partial charge in [0.25, 0.3) is 5.69 Å². The van der Waals surface area contributed by atoms with Gasteiger partial charge in [0.15, 0.2) is 11.0 Å². The average Bonchev–Trinajstić information content (AvgIpc) is 3.84. The molecule has 1 amide bonds. The van der Waals surface area contributed by atoms with Gasteiger partial charge < -0.3 is 30.5 Å². The van der Waals surface area contributed by atoms with Crippen LogP contribution in [-0.4, -0.2) is 102 Å². The zero-order valence-corrected chi connectivity index (χ0v) is 34.6. The predicted molar refractivity (Wildman–Crippen MR) is 215 cm³/mol. The number of carboxylic acids is 1. The van der Waals surface area contributed by atoms with Crippen molar-refractivity contribution < 1.29 is 52.8 Å². The standard InChI is InChI=1S/C39H41F3N8O9S2/c1-21(51)43-31-29(52)17-38(35(55)56,61-28-14-12-26(13-15-28)50(57)58)59-33(31)32(54)30(53)19-48-18-25(44-47-48)20-60-36-46-45-34(22-8-10-23(11-9-22)37(2,3)4)49(36)27-7-5-6-24(16-27)39(40,41)42/h5-16,18,29-33,52-54H,17,19-20H2,1-4H3,(H,43,51)(H,55,56)/t29-,30+,31+,32+,33?,38-/m0/s1. The number of amides is 1. The third-order valence-electron chi connectivity index (χ3n) is 9.71. The lowest BCUT2D eigenvalue weighted by Crippen LogP contribution is -2.66. The molecule has 5 aromatic rings. The van der Waals surface area contributed by atoms with Crippen LogP contribution < -0.4 is 5.32 Å². The fourth-order valence-electron chi connectivity index (χ4n) is 6.61. The van der Waals surface area contributed by atoms with Crippen molar-refractivity contribution in [2.45, 2.75) is 103 Å². The minimum atomic E-state index is -4.61. The van der Waals surface area contributed by atoms with Crippen LogP contribution in [0, 0.1) is 10.1 Å². The Bertz CT molecular complexity index is 2370. The smallest absolute Gasteiger partial charge is 0.416 e. The quantitative estimate of drug-likeness (QED) is 0.0561. The highest BCUT2D eigenvalue weighted by Gasteiger charge is 2.55.